The maximum atomic E-state index is 4.57. The van der Waals surface area contributed by atoms with Gasteiger partial charge in [-0.05, 0) is 12.8 Å². The van der Waals surface area contributed by atoms with E-state index in [1.54, 1.807) is 0 Å². The van der Waals surface area contributed by atoms with Gasteiger partial charge in [0.15, 0.2) is 0 Å². The molecule has 0 amide bonds. The first kappa shape index (κ1) is 7.21. The third-order valence-corrected chi connectivity index (χ3v) is 0.789. The van der Waals surface area contributed by atoms with Crippen LogP contribution in [0.4, 0.5) is 0 Å². The van der Waals surface area contributed by atoms with E-state index in [0.717, 1.165) is 26.1 Å². The van der Waals surface area contributed by atoms with Gasteiger partial charge in [-0.2, -0.15) is 0 Å². The van der Waals surface area contributed by atoms with Crippen LogP contribution in [0, 0.1) is 0 Å². The zero-order valence-electron chi connectivity index (χ0n) is 5.05. The van der Waals surface area contributed by atoms with E-state index in [9.17, 15) is 0 Å². The van der Waals surface area contributed by atoms with Crippen molar-refractivity contribution >= 4 is 12.4 Å². The first-order valence-corrected chi connectivity index (χ1v) is 2.24. The first-order chi connectivity index (χ1) is 3.00. The molecule has 3 heteroatoms. The molecule has 7 heavy (non-hydrogen) atoms. The molecule has 0 unspecified atom stereocenters. The Morgan fingerprint density at radius 1 is 1.00 bits per heavy atom. The van der Waals surface area contributed by atoms with E-state index in [1.165, 1.54) is 0 Å². The lowest BCUT2D eigenvalue weighted by Crippen LogP contribution is -2.05. The van der Waals surface area contributed by atoms with E-state index in [1.807, 2.05) is 0 Å². The van der Waals surface area contributed by atoms with Crippen molar-refractivity contribution in [3.8, 4) is 0 Å². The standard InChI is InChI=1S/C4H8O2.ClH.H/c1-2-4-6-5-3-1;;/h1-4H2;1H;/i;;1+1. The van der Waals surface area contributed by atoms with Gasteiger partial charge in [0, 0.05) is 1.43 Å². The number of hydrogen-bond acceptors (Lipinski definition) is 2. The number of halogens is 1. The van der Waals surface area contributed by atoms with E-state index in [-0.39, 0.29) is 13.8 Å². The van der Waals surface area contributed by atoms with E-state index in [2.05, 4.69) is 9.78 Å². The summed E-state index contributed by atoms with van der Waals surface area (Å²) in [5.74, 6) is 0. The van der Waals surface area contributed by atoms with E-state index in [0.29, 0.717) is 0 Å². The van der Waals surface area contributed by atoms with Crippen molar-refractivity contribution in [1.82, 2.24) is 0 Å². The molecule has 1 heterocycles. The fourth-order valence-corrected chi connectivity index (χ4v) is 0.440. The van der Waals surface area contributed by atoms with Crippen molar-refractivity contribution < 1.29 is 11.2 Å². The largest absolute Gasteiger partial charge is 0.237 e. The van der Waals surface area contributed by atoms with Crippen LogP contribution in [0.3, 0.4) is 0 Å². The third kappa shape index (κ3) is 2.85. The lowest BCUT2D eigenvalue weighted by molar-refractivity contribution is -0.312. The summed E-state index contributed by atoms with van der Waals surface area (Å²) in [4.78, 5) is 9.14. The van der Waals surface area contributed by atoms with Gasteiger partial charge < -0.3 is 0 Å². The molecule has 0 atom stereocenters. The summed E-state index contributed by atoms with van der Waals surface area (Å²) in [6, 6.07) is 0. The van der Waals surface area contributed by atoms with Crippen molar-refractivity contribution in [3.05, 3.63) is 0 Å². The molecular weight excluding hydrogens is 115 g/mol. The Bertz CT molecular complexity index is 29.5. The summed E-state index contributed by atoms with van der Waals surface area (Å²) >= 11 is 0. The van der Waals surface area contributed by atoms with Crippen LogP contribution in [0.2, 0.25) is 0 Å². The molecule has 0 spiro atoms. The highest BCUT2D eigenvalue weighted by molar-refractivity contribution is 5.85. The van der Waals surface area contributed by atoms with Gasteiger partial charge in [-0.15, -0.1) is 12.4 Å². The summed E-state index contributed by atoms with van der Waals surface area (Å²) in [7, 11) is 0. The lowest BCUT2D eigenvalue weighted by Gasteiger charge is -2.07. The minimum Gasteiger partial charge on any atom is -0.237 e. The molecule has 0 bridgehead atoms. The molecule has 1 aliphatic rings. The number of hydrogen-bond donors (Lipinski definition) is 0. The van der Waals surface area contributed by atoms with Crippen LogP contribution in [0.25, 0.3) is 0 Å². The Labute approximate surface area is 50.6 Å². The Kier molecular flexibility index (Phi) is 4.50. The smallest absolute Gasteiger partial charge is 0.0823 e. The summed E-state index contributed by atoms with van der Waals surface area (Å²) in [5, 5.41) is 0. The Morgan fingerprint density at radius 3 is 1.57 bits per heavy atom. The van der Waals surface area contributed by atoms with Gasteiger partial charge in [-0.3, -0.25) is 0 Å². The lowest BCUT2D eigenvalue weighted by atomic mass is 10.3. The summed E-state index contributed by atoms with van der Waals surface area (Å²) in [6.45, 7) is 1.56. The van der Waals surface area contributed by atoms with Gasteiger partial charge in [0.25, 0.3) is 0 Å². The topological polar surface area (TPSA) is 18.5 Å². The van der Waals surface area contributed by atoms with Crippen molar-refractivity contribution in [1.29, 1.82) is 0 Å². The summed E-state index contributed by atoms with van der Waals surface area (Å²) in [6.07, 6.45) is 2.31. The van der Waals surface area contributed by atoms with Crippen molar-refractivity contribution in [2.45, 2.75) is 12.8 Å². The van der Waals surface area contributed by atoms with Gasteiger partial charge in [-0.25, -0.2) is 9.78 Å². The van der Waals surface area contributed by atoms with Crippen LogP contribution in [0.15, 0.2) is 0 Å². The van der Waals surface area contributed by atoms with Gasteiger partial charge in [0.05, 0.1) is 13.2 Å². The first-order valence-electron chi connectivity index (χ1n) is 2.24. The second kappa shape index (κ2) is 4.37. The number of rotatable bonds is 0. The Balaban J connectivity index is 0. The Hall–Kier alpha value is 0.210. The normalized spacial score (nSPS) is 20.6. The highest BCUT2D eigenvalue weighted by Crippen LogP contribution is 1.97. The molecule has 0 aliphatic carbocycles. The minimum absolute atomic E-state index is 0. The van der Waals surface area contributed by atoms with Crippen LogP contribution in [0.1, 0.15) is 14.3 Å². The molecule has 0 aromatic carbocycles. The zero-order valence-corrected chi connectivity index (χ0v) is 4.87. The molecule has 2 nitrogen and oxygen atoms in total. The predicted octanol–water partition coefficient (Wildman–Crippen LogP) is 1.26. The van der Waals surface area contributed by atoms with Crippen LogP contribution >= 0.6 is 12.4 Å². The van der Waals surface area contributed by atoms with Crippen LogP contribution in [0.5, 0.6) is 0 Å². The van der Waals surface area contributed by atoms with Gasteiger partial charge >= 0.3 is 0 Å². The molecule has 0 N–H and O–H groups in total. The summed E-state index contributed by atoms with van der Waals surface area (Å²) < 4.78 is 0. The SMILES string of the molecule is C1CCOOC1.Cl.[2H]. The molecule has 0 saturated carbocycles. The predicted molar refractivity (Wildman–Crippen MR) is 29.5 cm³/mol. The van der Waals surface area contributed by atoms with Crippen LogP contribution < -0.4 is 0 Å². The molecule has 1 rings (SSSR count). The molecule has 0 aromatic rings. The zero-order chi connectivity index (χ0) is 4.24. The molecule has 0 aromatic heterocycles. The van der Waals surface area contributed by atoms with Crippen molar-refractivity contribution in [3.63, 3.8) is 0 Å². The maximum Gasteiger partial charge on any atom is 0.0823 e. The molecule has 1 saturated heterocycles. The highest BCUT2D eigenvalue weighted by Gasteiger charge is 1.95. The quantitative estimate of drug-likeness (QED) is 0.455. The van der Waals surface area contributed by atoms with Crippen LogP contribution in [-0.2, 0) is 9.78 Å². The van der Waals surface area contributed by atoms with E-state index in [4.69, 9.17) is 0 Å². The molecule has 1 fully saturated rings. The Morgan fingerprint density at radius 2 is 1.43 bits per heavy atom. The van der Waals surface area contributed by atoms with Gasteiger partial charge in [0.2, 0.25) is 0 Å². The van der Waals surface area contributed by atoms with Crippen molar-refractivity contribution in [2.24, 2.45) is 0 Å². The van der Waals surface area contributed by atoms with Crippen LogP contribution in [-0.4, -0.2) is 13.2 Å². The summed E-state index contributed by atoms with van der Waals surface area (Å²) in [5.41, 5.74) is 0. The highest BCUT2D eigenvalue weighted by atomic mass is 35.5. The van der Waals surface area contributed by atoms with Gasteiger partial charge in [0.1, 0.15) is 0 Å². The third-order valence-electron chi connectivity index (χ3n) is 0.789. The average molecular weight is 127 g/mol. The monoisotopic (exact) mass is 126 g/mol. The second-order valence-electron chi connectivity index (χ2n) is 1.35. The molecule has 1 radical (unpaired) electrons. The van der Waals surface area contributed by atoms with E-state index < -0.39 is 0 Å². The molecule has 1 aliphatic heterocycles. The minimum atomic E-state index is 0. The fourth-order valence-electron chi connectivity index (χ4n) is 0.440. The van der Waals surface area contributed by atoms with Crippen molar-refractivity contribution in [2.75, 3.05) is 13.2 Å². The maximum absolute atomic E-state index is 4.57. The fraction of sp³-hybridized carbons (Fsp3) is 1.00. The van der Waals surface area contributed by atoms with E-state index >= 15 is 0 Å². The molecular formula is C4H10ClO2. The molecule has 45 valence electrons. The second-order valence-corrected chi connectivity index (χ2v) is 1.35. The van der Waals surface area contributed by atoms with Gasteiger partial charge in [-0.1, -0.05) is 0 Å². The average Bonchev–Trinajstić information content (AvgIpc) is 1.72.